The Morgan fingerprint density at radius 2 is 2.31 bits per heavy atom. The monoisotopic (exact) mass is 212 g/mol. The van der Waals surface area contributed by atoms with Gasteiger partial charge in [0.1, 0.15) is 0 Å². The van der Waals surface area contributed by atoms with Gasteiger partial charge in [-0.2, -0.15) is 0 Å². The largest absolute Gasteiger partial charge is 0.392 e. The fraction of sp³-hybridized carbons (Fsp3) is 0.200. The molecule has 1 aromatic carbocycles. The van der Waals surface area contributed by atoms with E-state index < -0.39 is 0 Å². The SMILES string of the molecule is Cc1cc2ccsc2c(Cl)c1CO. The van der Waals surface area contributed by atoms with Gasteiger partial charge in [-0.1, -0.05) is 17.7 Å². The Hall–Kier alpha value is -0.570. The molecule has 0 saturated carbocycles. The molecule has 0 bridgehead atoms. The first-order valence-electron chi connectivity index (χ1n) is 4.00. The molecule has 2 rings (SSSR count). The van der Waals surface area contributed by atoms with Gasteiger partial charge in [0.2, 0.25) is 0 Å². The van der Waals surface area contributed by atoms with Crippen molar-refractivity contribution in [2.45, 2.75) is 13.5 Å². The van der Waals surface area contributed by atoms with Gasteiger partial charge in [0.05, 0.1) is 16.3 Å². The molecule has 1 aromatic heterocycles. The number of benzene rings is 1. The van der Waals surface area contributed by atoms with Crippen molar-refractivity contribution in [2.24, 2.45) is 0 Å². The first-order chi connectivity index (χ1) is 6.24. The zero-order chi connectivity index (χ0) is 9.42. The highest BCUT2D eigenvalue weighted by atomic mass is 35.5. The molecule has 1 N–H and O–H groups in total. The van der Waals surface area contributed by atoms with Crippen LogP contribution >= 0.6 is 22.9 Å². The van der Waals surface area contributed by atoms with E-state index in [1.807, 2.05) is 18.4 Å². The third kappa shape index (κ3) is 1.35. The third-order valence-electron chi connectivity index (χ3n) is 2.17. The number of hydrogen-bond donors (Lipinski definition) is 1. The molecule has 2 aromatic rings. The Kier molecular flexibility index (Phi) is 2.28. The van der Waals surface area contributed by atoms with E-state index in [9.17, 15) is 0 Å². The van der Waals surface area contributed by atoms with Crippen LogP contribution in [0.2, 0.25) is 5.02 Å². The van der Waals surface area contributed by atoms with Crippen LogP contribution in [0.5, 0.6) is 0 Å². The molecule has 3 heteroatoms. The molecular weight excluding hydrogens is 204 g/mol. The first-order valence-corrected chi connectivity index (χ1v) is 5.26. The number of aliphatic hydroxyl groups is 1. The van der Waals surface area contributed by atoms with E-state index in [0.29, 0.717) is 5.02 Å². The second-order valence-corrected chi connectivity index (χ2v) is 4.28. The quantitative estimate of drug-likeness (QED) is 0.769. The molecule has 0 saturated heterocycles. The molecule has 1 heterocycles. The Labute approximate surface area is 85.6 Å². The zero-order valence-electron chi connectivity index (χ0n) is 7.17. The van der Waals surface area contributed by atoms with E-state index in [4.69, 9.17) is 16.7 Å². The van der Waals surface area contributed by atoms with Crippen LogP contribution in [0.25, 0.3) is 10.1 Å². The van der Waals surface area contributed by atoms with Crippen LogP contribution in [0.15, 0.2) is 17.5 Å². The highest BCUT2D eigenvalue weighted by Crippen LogP contribution is 2.33. The number of fused-ring (bicyclic) bond motifs is 1. The average Bonchev–Trinajstić information content (AvgIpc) is 2.53. The maximum Gasteiger partial charge on any atom is 0.0699 e. The van der Waals surface area contributed by atoms with Crippen molar-refractivity contribution in [1.82, 2.24) is 0 Å². The van der Waals surface area contributed by atoms with Gasteiger partial charge in [-0.15, -0.1) is 11.3 Å². The smallest absolute Gasteiger partial charge is 0.0699 e. The van der Waals surface area contributed by atoms with Gasteiger partial charge in [0.15, 0.2) is 0 Å². The van der Waals surface area contributed by atoms with Crippen LogP contribution in [0.3, 0.4) is 0 Å². The fourth-order valence-electron chi connectivity index (χ4n) is 1.44. The summed E-state index contributed by atoms with van der Waals surface area (Å²) in [6.45, 7) is 1.98. The summed E-state index contributed by atoms with van der Waals surface area (Å²) in [5.74, 6) is 0. The van der Waals surface area contributed by atoms with Gasteiger partial charge >= 0.3 is 0 Å². The van der Waals surface area contributed by atoms with Gasteiger partial charge in [0.25, 0.3) is 0 Å². The predicted octanol–water partition coefficient (Wildman–Crippen LogP) is 3.36. The standard InChI is InChI=1S/C10H9ClOS/c1-6-4-7-2-3-13-10(7)9(11)8(6)5-12/h2-4,12H,5H2,1H3. The zero-order valence-corrected chi connectivity index (χ0v) is 8.75. The normalized spacial score (nSPS) is 11.0. The molecule has 0 aliphatic rings. The predicted molar refractivity (Wildman–Crippen MR) is 57.5 cm³/mol. The molecule has 0 spiro atoms. The lowest BCUT2D eigenvalue weighted by Gasteiger charge is -2.05. The second kappa shape index (κ2) is 3.29. The second-order valence-electron chi connectivity index (χ2n) is 2.98. The van der Waals surface area contributed by atoms with E-state index in [1.165, 1.54) is 0 Å². The summed E-state index contributed by atoms with van der Waals surface area (Å²) in [4.78, 5) is 0. The van der Waals surface area contributed by atoms with E-state index >= 15 is 0 Å². The Morgan fingerprint density at radius 1 is 1.54 bits per heavy atom. The highest BCUT2D eigenvalue weighted by molar-refractivity contribution is 7.17. The molecular formula is C10H9ClOS. The minimum absolute atomic E-state index is 0.0124. The molecule has 0 amide bonds. The number of aliphatic hydroxyl groups excluding tert-OH is 1. The van der Waals surface area contributed by atoms with Crippen LogP contribution in [-0.2, 0) is 6.61 Å². The number of halogens is 1. The topological polar surface area (TPSA) is 20.2 Å². The molecule has 0 atom stereocenters. The Morgan fingerprint density at radius 3 is 3.00 bits per heavy atom. The van der Waals surface area contributed by atoms with Crippen LogP contribution in [0.1, 0.15) is 11.1 Å². The minimum atomic E-state index is 0.0124. The average molecular weight is 213 g/mol. The van der Waals surface area contributed by atoms with Crippen LogP contribution in [0.4, 0.5) is 0 Å². The Bertz CT molecular complexity index is 447. The summed E-state index contributed by atoms with van der Waals surface area (Å²) in [5.41, 5.74) is 1.90. The van der Waals surface area contributed by atoms with Crippen molar-refractivity contribution in [1.29, 1.82) is 0 Å². The lowest BCUT2D eigenvalue weighted by atomic mass is 10.1. The summed E-state index contributed by atoms with van der Waals surface area (Å²) in [6, 6.07) is 4.10. The number of rotatable bonds is 1. The van der Waals surface area contributed by atoms with E-state index in [2.05, 4.69) is 6.07 Å². The Balaban J connectivity index is 2.85. The van der Waals surface area contributed by atoms with Gasteiger partial charge < -0.3 is 5.11 Å². The summed E-state index contributed by atoms with van der Waals surface area (Å²) < 4.78 is 1.07. The molecule has 0 radical (unpaired) electrons. The van der Waals surface area contributed by atoms with Gasteiger partial charge in [-0.05, 0) is 29.3 Å². The molecule has 0 aliphatic carbocycles. The summed E-state index contributed by atoms with van der Waals surface area (Å²) in [5, 5.41) is 13.0. The molecule has 1 nitrogen and oxygen atoms in total. The van der Waals surface area contributed by atoms with Crippen LogP contribution in [-0.4, -0.2) is 5.11 Å². The number of hydrogen-bond acceptors (Lipinski definition) is 2. The van der Waals surface area contributed by atoms with Crippen molar-refractivity contribution in [3.63, 3.8) is 0 Å². The lowest BCUT2D eigenvalue weighted by molar-refractivity contribution is 0.281. The van der Waals surface area contributed by atoms with E-state index in [-0.39, 0.29) is 6.61 Å². The van der Waals surface area contributed by atoms with Crippen molar-refractivity contribution < 1.29 is 5.11 Å². The van der Waals surface area contributed by atoms with Crippen molar-refractivity contribution in [2.75, 3.05) is 0 Å². The number of aryl methyl sites for hydroxylation is 1. The van der Waals surface area contributed by atoms with Crippen molar-refractivity contribution in [3.05, 3.63) is 33.7 Å². The molecule has 0 fully saturated rings. The summed E-state index contributed by atoms with van der Waals surface area (Å²) in [7, 11) is 0. The molecule has 0 aliphatic heterocycles. The number of thiophene rings is 1. The fourth-order valence-corrected chi connectivity index (χ4v) is 2.73. The van der Waals surface area contributed by atoms with Crippen LogP contribution in [0, 0.1) is 6.92 Å². The first kappa shape index (κ1) is 9.00. The molecule has 13 heavy (non-hydrogen) atoms. The summed E-state index contributed by atoms with van der Waals surface area (Å²) in [6.07, 6.45) is 0. The highest BCUT2D eigenvalue weighted by Gasteiger charge is 2.08. The minimum Gasteiger partial charge on any atom is -0.392 e. The molecule has 68 valence electrons. The van der Waals surface area contributed by atoms with Gasteiger partial charge in [0, 0.05) is 5.56 Å². The molecule has 0 unspecified atom stereocenters. The van der Waals surface area contributed by atoms with Gasteiger partial charge in [-0.25, -0.2) is 0 Å². The van der Waals surface area contributed by atoms with E-state index in [0.717, 1.165) is 21.2 Å². The van der Waals surface area contributed by atoms with Crippen molar-refractivity contribution in [3.8, 4) is 0 Å². The lowest BCUT2D eigenvalue weighted by Crippen LogP contribution is -1.89. The summed E-state index contributed by atoms with van der Waals surface area (Å²) >= 11 is 7.75. The third-order valence-corrected chi connectivity index (χ3v) is 3.64. The van der Waals surface area contributed by atoms with E-state index in [1.54, 1.807) is 11.3 Å². The maximum absolute atomic E-state index is 9.12. The van der Waals surface area contributed by atoms with Crippen LogP contribution < -0.4 is 0 Å². The van der Waals surface area contributed by atoms with Crippen molar-refractivity contribution >= 4 is 33.0 Å². The maximum atomic E-state index is 9.12. The van der Waals surface area contributed by atoms with Gasteiger partial charge in [-0.3, -0.25) is 0 Å².